The normalized spacial score (nSPS) is 31.8. The summed E-state index contributed by atoms with van der Waals surface area (Å²) in [6.07, 6.45) is 103. The average Bonchev–Trinajstić information content (AvgIpc) is 3.51. The Morgan fingerprint density at radius 2 is 0.667 bits per heavy atom. The lowest BCUT2D eigenvalue weighted by atomic mass is 9.77. The van der Waals surface area contributed by atoms with Crippen molar-refractivity contribution in [2.45, 2.75) is 257 Å². The molecule has 0 aromatic heterocycles. The van der Waals surface area contributed by atoms with Crippen LogP contribution in [0.25, 0.3) is 0 Å². The van der Waals surface area contributed by atoms with Gasteiger partial charge in [-0.1, -0.05) is 133 Å². The van der Waals surface area contributed by atoms with Crippen LogP contribution in [0.5, 0.6) is 0 Å². The number of allylic oxidation sites excluding steroid dienone is 24. The van der Waals surface area contributed by atoms with E-state index in [9.17, 15) is 0 Å². The van der Waals surface area contributed by atoms with Gasteiger partial charge >= 0.3 is 0 Å². The highest BCUT2D eigenvalue weighted by Crippen LogP contribution is 2.37. The van der Waals surface area contributed by atoms with E-state index in [2.05, 4.69) is 122 Å². The maximum absolute atomic E-state index is 2.51. The molecule has 0 aromatic carbocycles. The van der Waals surface area contributed by atoms with Crippen LogP contribution in [0.1, 0.15) is 257 Å². The first kappa shape index (κ1) is 56.6. The summed E-state index contributed by atoms with van der Waals surface area (Å²) >= 11 is 0. The highest BCUT2D eigenvalue weighted by atomic mass is 14.3. The number of hydrogen-bond acceptors (Lipinski definition) is 0. The van der Waals surface area contributed by atoms with Gasteiger partial charge in [-0.25, -0.2) is 0 Å². The second-order valence-electron chi connectivity index (χ2n) is 24.1. The molecule has 8 atom stereocenters. The average molecular weight is 974 g/mol. The van der Waals surface area contributed by atoms with Crippen molar-refractivity contribution in [2.24, 2.45) is 47.3 Å². The molecular weight excluding hydrogens is 865 g/mol. The molecule has 12 rings (SSSR count). The van der Waals surface area contributed by atoms with Crippen molar-refractivity contribution in [1.82, 2.24) is 0 Å². The molecule has 0 aliphatic heterocycles. The predicted octanol–water partition coefficient (Wildman–Crippen LogP) is 22.8. The van der Waals surface area contributed by atoms with Crippen molar-refractivity contribution in [3.05, 3.63) is 144 Å². The zero-order valence-electron chi connectivity index (χ0n) is 46.5. The fourth-order valence-corrected chi connectivity index (χ4v) is 14.3. The standard InChI is InChI=1S/6C12H18/c6*1-3-7-11(8-4-1)12-9-5-2-6-10-12/h7,9H,1-6,8,10H2;3,7,9,11H,1-2,4-6,8,10H2;3,5,7,9,11-12H,1-2,4,6,8,10H2;1,3,9,11H,2,4-8,10H2;1,3,5,9,11-12H,2,4,6-8,10H2;1-3,5,11-12H,4,6-10H2. The monoisotopic (exact) mass is 973 g/mol. The number of hydrogen-bond donors (Lipinski definition) is 0. The van der Waals surface area contributed by atoms with Gasteiger partial charge in [0.25, 0.3) is 0 Å². The Morgan fingerprint density at radius 3 is 1.04 bits per heavy atom. The van der Waals surface area contributed by atoms with Crippen molar-refractivity contribution in [3.8, 4) is 0 Å². The topological polar surface area (TPSA) is 0 Å². The van der Waals surface area contributed by atoms with Crippen LogP contribution < -0.4 is 0 Å². The van der Waals surface area contributed by atoms with E-state index in [0.29, 0.717) is 0 Å². The smallest absolute Gasteiger partial charge is 0.00232 e. The Bertz CT molecular complexity index is 1800. The third-order valence-electron chi connectivity index (χ3n) is 18.8. The van der Waals surface area contributed by atoms with Crippen molar-refractivity contribution in [1.29, 1.82) is 0 Å². The zero-order chi connectivity index (χ0) is 49.4. The van der Waals surface area contributed by atoms with E-state index in [1.54, 1.807) is 22.3 Å². The van der Waals surface area contributed by atoms with Crippen LogP contribution in [0.15, 0.2) is 144 Å². The summed E-state index contributed by atoms with van der Waals surface area (Å²) in [6.45, 7) is 0. The van der Waals surface area contributed by atoms with Gasteiger partial charge in [-0.05, 0) is 315 Å². The molecule has 72 heavy (non-hydrogen) atoms. The first-order chi connectivity index (χ1) is 35.8. The Morgan fingerprint density at radius 1 is 0.250 bits per heavy atom. The molecule has 0 heteroatoms. The van der Waals surface area contributed by atoms with Gasteiger partial charge in [0.15, 0.2) is 0 Å². The van der Waals surface area contributed by atoms with E-state index in [1.165, 1.54) is 257 Å². The SMILES string of the molecule is C1=C(C2=CCCCC2)CCCC1.C1=CC(C2=CCCCC2)CCC1.C1=CC(C2C=CCCC2)CCC1.C1=CC(C2CC=CCC2)CCC1.C1=CCC(C2=CCCCC2)CC1.C1=CCC(C2CC=CCC2)CC1. The fourth-order valence-electron chi connectivity index (χ4n) is 14.3. The van der Waals surface area contributed by atoms with E-state index in [1.807, 2.05) is 0 Å². The molecule has 0 aromatic rings. The van der Waals surface area contributed by atoms with E-state index in [-0.39, 0.29) is 0 Å². The van der Waals surface area contributed by atoms with E-state index < -0.39 is 0 Å². The quantitative estimate of drug-likeness (QED) is 0.233. The Hall–Kier alpha value is -3.12. The maximum Gasteiger partial charge on any atom is -0.00232 e. The molecule has 0 saturated carbocycles. The molecule has 0 fully saturated rings. The minimum Gasteiger partial charge on any atom is -0.0885 e. The lowest BCUT2D eigenvalue weighted by Crippen LogP contribution is -2.16. The maximum atomic E-state index is 2.51. The van der Waals surface area contributed by atoms with Gasteiger partial charge < -0.3 is 0 Å². The molecule has 8 unspecified atom stereocenters. The lowest BCUT2D eigenvalue weighted by Gasteiger charge is -2.28. The van der Waals surface area contributed by atoms with Crippen LogP contribution in [0.3, 0.4) is 0 Å². The highest BCUT2D eigenvalue weighted by Gasteiger charge is 2.23. The second-order valence-corrected chi connectivity index (χ2v) is 24.1. The second kappa shape index (κ2) is 35.2. The van der Waals surface area contributed by atoms with Gasteiger partial charge in [-0.15, -0.1) is 0 Å². The van der Waals surface area contributed by atoms with Crippen molar-refractivity contribution >= 4 is 0 Å². The van der Waals surface area contributed by atoms with Crippen molar-refractivity contribution in [3.63, 3.8) is 0 Å². The fraction of sp³-hybridized carbons (Fsp3) is 0.667. The van der Waals surface area contributed by atoms with Crippen molar-refractivity contribution in [2.75, 3.05) is 0 Å². The summed E-state index contributed by atoms with van der Waals surface area (Å²) in [7, 11) is 0. The third kappa shape index (κ3) is 21.2. The molecule has 0 amide bonds. The summed E-state index contributed by atoms with van der Waals surface area (Å²) in [4.78, 5) is 0. The largest absolute Gasteiger partial charge is 0.0885 e. The van der Waals surface area contributed by atoms with Gasteiger partial charge in [0.05, 0.1) is 0 Å². The molecular formula is C72H108. The van der Waals surface area contributed by atoms with E-state index in [0.717, 1.165) is 47.3 Å². The first-order valence-corrected chi connectivity index (χ1v) is 31.8. The lowest BCUT2D eigenvalue weighted by molar-refractivity contribution is 0.288. The summed E-state index contributed by atoms with van der Waals surface area (Å²) < 4.78 is 0. The van der Waals surface area contributed by atoms with E-state index in [4.69, 9.17) is 0 Å². The molecule has 0 saturated heterocycles. The summed E-state index contributed by atoms with van der Waals surface area (Å²) in [5.41, 5.74) is 6.87. The van der Waals surface area contributed by atoms with Crippen LogP contribution in [0, 0.1) is 47.3 Å². The van der Waals surface area contributed by atoms with E-state index >= 15 is 0 Å². The zero-order valence-corrected chi connectivity index (χ0v) is 46.5. The molecule has 0 heterocycles. The van der Waals surface area contributed by atoms with Crippen LogP contribution in [-0.4, -0.2) is 0 Å². The predicted molar refractivity (Wildman–Crippen MR) is 318 cm³/mol. The molecule has 12 aliphatic rings. The van der Waals surface area contributed by atoms with Crippen molar-refractivity contribution < 1.29 is 0 Å². The van der Waals surface area contributed by atoms with Gasteiger partial charge in [0.2, 0.25) is 0 Å². The van der Waals surface area contributed by atoms with Crippen LogP contribution in [0.2, 0.25) is 0 Å². The van der Waals surface area contributed by atoms with Gasteiger partial charge in [-0.2, -0.15) is 0 Å². The molecule has 0 bridgehead atoms. The first-order valence-electron chi connectivity index (χ1n) is 31.8. The van der Waals surface area contributed by atoms with Crippen LogP contribution >= 0.6 is 0 Å². The Labute approximate surface area is 445 Å². The molecule has 0 N–H and O–H groups in total. The molecule has 0 spiro atoms. The Kier molecular flexibility index (Phi) is 27.7. The highest BCUT2D eigenvalue weighted by molar-refractivity contribution is 5.32. The minimum absolute atomic E-state index is 0.819. The summed E-state index contributed by atoms with van der Waals surface area (Å²) in [6, 6.07) is 0. The molecule has 12 aliphatic carbocycles. The van der Waals surface area contributed by atoms with Crippen LogP contribution in [-0.2, 0) is 0 Å². The third-order valence-corrected chi connectivity index (χ3v) is 18.8. The summed E-state index contributed by atoms with van der Waals surface area (Å²) in [5, 5.41) is 0. The molecule has 396 valence electrons. The van der Waals surface area contributed by atoms with Crippen LogP contribution in [0.4, 0.5) is 0 Å². The molecule has 0 radical (unpaired) electrons. The Balaban J connectivity index is 0.000000127. The van der Waals surface area contributed by atoms with Gasteiger partial charge in [0, 0.05) is 0 Å². The number of rotatable bonds is 6. The summed E-state index contributed by atoms with van der Waals surface area (Å²) in [5.74, 6) is 7.34. The minimum atomic E-state index is 0.819. The molecule has 0 nitrogen and oxygen atoms in total. The van der Waals surface area contributed by atoms with Gasteiger partial charge in [-0.3, -0.25) is 0 Å². The van der Waals surface area contributed by atoms with Gasteiger partial charge in [0.1, 0.15) is 0 Å².